The Hall–Kier alpha value is -3.88. The fourth-order valence-electron chi connectivity index (χ4n) is 3.75. The quantitative estimate of drug-likeness (QED) is 0.408. The number of hydrogen-bond donors (Lipinski definition) is 3. The maximum atomic E-state index is 12.6. The molecule has 1 saturated carbocycles. The lowest BCUT2D eigenvalue weighted by molar-refractivity contribution is 0.346. The largest absolute Gasteiger partial charge is 0.381 e. The molecule has 11 heteroatoms. The molecule has 32 heavy (non-hydrogen) atoms. The number of nitrogens with one attached hydrogen (secondary N) is 3. The van der Waals surface area contributed by atoms with E-state index in [1.807, 2.05) is 24.4 Å². The molecule has 0 saturated heterocycles. The number of aromatic amines is 1. The van der Waals surface area contributed by atoms with Crippen molar-refractivity contribution < 1.29 is 8.42 Å². The van der Waals surface area contributed by atoms with E-state index in [4.69, 9.17) is 5.26 Å². The van der Waals surface area contributed by atoms with E-state index < -0.39 is 10.0 Å². The molecule has 4 aromatic heterocycles. The van der Waals surface area contributed by atoms with Crippen LogP contribution >= 0.6 is 0 Å². The zero-order valence-corrected chi connectivity index (χ0v) is 17.5. The van der Waals surface area contributed by atoms with Crippen molar-refractivity contribution in [3.8, 4) is 17.3 Å². The molecule has 3 N–H and O–H groups in total. The summed E-state index contributed by atoms with van der Waals surface area (Å²) in [6, 6.07) is 8.27. The summed E-state index contributed by atoms with van der Waals surface area (Å²) in [6.45, 7) is 0. The van der Waals surface area contributed by atoms with Crippen LogP contribution < -0.4 is 10.0 Å². The molecule has 0 aliphatic heterocycles. The summed E-state index contributed by atoms with van der Waals surface area (Å²) in [7, 11) is -3.80. The number of aromatic nitrogens is 5. The van der Waals surface area contributed by atoms with E-state index in [9.17, 15) is 8.42 Å². The maximum Gasteiger partial charge on any atom is 0.258 e. The number of nitrogens with zero attached hydrogens (tertiary/aromatic N) is 5. The van der Waals surface area contributed by atoms with Crippen molar-refractivity contribution in [1.29, 1.82) is 5.26 Å². The van der Waals surface area contributed by atoms with Gasteiger partial charge in [-0.3, -0.25) is 0 Å². The van der Waals surface area contributed by atoms with Gasteiger partial charge in [0.2, 0.25) is 0 Å². The van der Waals surface area contributed by atoms with Gasteiger partial charge in [-0.2, -0.15) is 5.26 Å². The lowest BCUT2D eigenvalue weighted by Crippen LogP contribution is -2.49. The summed E-state index contributed by atoms with van der Waals surface area (Å²) in [5, 5.41) is 13.3. The predicted molar refractivity (Wildman–Crippen MR) is 117 cm³/mol. The first-order valence-corrected chi connectivity index (χ1v) is 11.4. The number of fused-ring (bicyclic) bond motifs is 1. The van der Waals surface area contributed by atoms with E-state index in [2.05, 4.69) is 35.0 Å². The van der Waals surface area contributed by atoms with E-state index in [1.54, 1.807) is 12.4 Å². The molecule has 1 aliphatic rings. The predicted octanol–water partition coefficient (Wildman–Crippen LogP) is 2.21. The molecule has 0 radical (unpaired) electrons. The second-order valence-electron chi connectivity index (χ2n) is 7.51. The number of rotatable bonds is 6. The maximum absolute atomic E-state index is 12.6. The van der Waals surface area contributed by atoms with Gasteiger partial charge in [0, 0.05) is 47.8 Å². The molecule has 10 nitrogen and oxygen atoms in total. The van der Waals surface area contributed by atoms with Crippen LogP contribution in [0.1, 0.15) is 18.4 Å². The van der Waals surface area contributed by atoms with Gasteiger partial charge >= 0.3 is 0 Å². The molecule has 0 amide bonds. The standard InChI is InChI=1S/C21H18N8O2S/c22-10-13-1-5-24-19(7-13)32(30,31)29-15-8-14(9-15)28-20-16-2-6-25-21(16)26-11-17(20)18-3-4-23-12-27-18/h1-7,11-12,14-15,29H,8-9H2,(H2,25,26,28). The molecule has 1 fully saturated rings. The van der Waals surface area contributed by atoms with E-state index in [0.717, 1.165) is 28.0 Å². The molecule has 4 heterocycles. The Labute approximate surface area is 183 Å². The van der Waals surface area contributed by atoms with Crippen molar-refractivity contribution in [1.82, 2.24) is 29.6 Å². The first-order chi connectivity index (χ1) is 15.5. The summed E-state index contributed by atoms with van der Waals surface area (Å²) < 4.78 is 27.9. The van der Waals surface area contributed by atoms with Crippen LogP contribution in [-0.2, 0) is 10.0 Å². The van der Waals surface area contributed by atoms with Gasteiger partial charge in [0.25, 0.3) is 10.0 Å². The highest BCUT2D eigenvalue weighted by Gasteiger charge is 2.34. The Balaban J connectivity index is 1.32. The van der Waals surface area contributed by atoms with Crippen LogP contribution in [0.3, 0.4) is 0 Å². The van der Waals surface area contributed by atoms with Crippen molar-refractivity contribution in [2.45, 2.75) is 30.0 Å². The Morgan fingerprint density at radius 3 is 2.75 bits per heavy atom. The van der Waals surface area contributed by atoms with Crippen molar-refractivity contribution in [2.24, 2.45) is 0 Å². The Kier molecular flexibility index (Phi) is 5.01. The smallest absolute Gasteiger partial charge is 0.258 e. The summed E-state index contributed by atoms with van der Waals surface area (Å²) in [5.74, 6) is 0. The van der Waals surface area contributed by atoms with E-state index in [1.165, 1.54) is 24.7 Å². The lowest BCUT2D eigenvalue weighted by atomic mass is 9.87. The molecule has 5 rings (SSSR count). The van der Waals surface area contributed by atoms with Crippen LogP contribution in [0.2, 0.25) is 0 Å². The second kappa shape index (κ2) is 7.99. The Morgan fingerprint density at radius 1 is 1.09 bits per heavy atom. The average Bonchev–Trinajstić information content (AvgIpc) is 3.27. The lowest BCUT2D eigenvalue weighted by Gasteiger charge is -2.37. The highest BCUT2D eigenvalue weighted by atomic mass is 32.2. The van der Waals surface area contributed by atoms with Crippen LogP contribution in [0.5, 0.6) is 0 Å². The first kappa shape index (κ1) is 20.0. The van der Waals surface area contributed by atoms with Crippen LogP contribution in [0.15, 0.2) is 60.4 Å². The minimum atomic E-state index is -3.80. The SMILES string of the molecule is N#Cc1ccnc(S(=O)(=O)NC2CC(Nc3c(-c4ccncn4)cnc4[nH]ccc34)C2)c1. The molecule has 4 aromatic rings. The van der Waals surface area contributed by atoms with Crippen molar-refractivity contribution in [2.75, 3.05) is 5.32 Å². The summed E-state index contributed by atoms with van der Waals surface area (Å²) in [6.07, 6.45) is 9.28. The normalized spacial score (nSPS) is 18.1. The third kappa shape index (κ3) is 3.77. The first-order valence-electron chi connectivity index (χ1n) is 9.91. The van der Waals surface area contributed by atoms with Crippen LogP contribution in [0.25, 0.3) is 22.3 Å². The van der Waals surface area contributed by atoms with Gasteiger partial charge in [-0.05, 0) is 37.1 Å². The fourth-order valence-corrected chi connectivity index (χ4v) is 4.98. The topological polar surface area (TPSA) is 149 Å². The molecule has 0 bridgehead atoms. The monoisotopic (exact) mass is 446 g/mol. The highest BCUT2D eigenvalue weighted by Crippen LogP contribution is 2.35. The summed E-state index contributed by atoms with van der Waals surface area (Å²) >= 11 is 0. The number of hydrogen-bond acceptors (Lipinski definition) is 8. The molecule has 0 aromatic carbocycles. The minimum Gasteiger partial charge on any atom is -0.381 e. The van der Waals surface area contributed by atoms with E-state index in [0.29, 0.717) is 12.8 Å². The third-order valence-electron chi connectivity index (χ3n) is 5.39. The van der Waals surface area contributed by atoms with E-state index >= 15 is 0 Å². The summed E-state index contributed by atoms with van der Waals surface area (Å²) in [5.41, 5.74) is 3.49. The van der Waals surface area contributed by atoms with Gasteiger partial charge in [0.1, 0.15) is 12.0 Å². The molecular formula is C21H18N8O2S. The van der Waals surface area contributed by atoms with Gasteiger partial charge in [0.05, 0.1) is 23.0 Å². The Morgan fingerprint density at radius 2 is 1.97 bits per heavy atom. The number of H-pyrrole nitrogens is 1. The van der Waals surface area contributed by atoms with Gasteiger partial charge in [-0.15, -0.1) is 0 Å². The highest BCUT2D eigenvalue weighted by molar-refractivity contribution is 7.89. The van der Waals surface area contributed by atoms with Gasteiger partial charge in [-0.25, -0.2) is 33.1 Å². The molecule has 0 spiro atoms. The van der Waals surface area contributed by atoms with Gasteiger partial charge in [0.15, 0.2) is 5.03 Å². The van der Waals surface area contributed by atoms with Crippen molar-refractivity contribution >= 4 is 26.7 Å². The van der Waals surface area contributed by atoms with Crippen molar-refractivity contribution in [3.05, 3.63) is 60.9 Å². The number of nitriles is 1. The van der Waals surface area contributed by atoms with Gasteiger partial charge < -0.3 is 10.3 Å². The Bertz CT molecular complexity index is 1420. The second-order valence-corrected chi connectivity index (χ2v) is 9.17. The van der Waals surface area contributed by atoms with E-state index in [-0.39, 0.29) is 22.7 Å². The zero-order valence-electron chi connectivity index (χ0n) is 16.7. The summed E-state index contributed by atoms with van der Waals surface area (Å²) in [4.78, 5) is 19.8. The van der Waals surface area contributed by atoms with Gasteiger partial charge in [-0.1, -0.05) is 0 Å². The number of sulfonamides is 1. The van der Waals surface area contributed by atoms with Crippen LogP contribution in [0.4, 0.5) is 5.69 Å². The number of pyridine rings is 2. The molecule has 0 atom stereocenters. The zero-order chi connectivity index (χ0) is 22.1. The van der Waals surface area contributed by atoms with Crippen LogP contribution in [0, 0.1) is 11.3 Å². The molecular weight excluding hydrogens is 428 g/mol. The fraction of sp³-hybridized carbons (Fsp3) is 0.190. The molecule has 160 valence electrons. The third-order valence-corrected chi connectivity index (χ3v) is 6.81. The van der Waals surface area contributed by atoms with Crippen LogP contribution in [-0.4, -0.2) is 45.4 Å². The van der Waals surface area contributed by atoms with Crippen molar-refractivity contribution in [3.63, 3.8) is 0 Å². The minimum absolute atomic E-state index is 0.0715. The number of anilines is 1. The molecule has 0 unspecified atom stereocenters. The molecule has 1 aliphatic carbocycles. The average molecular weight is 446 g/mol.